The number of alkyl halides is 1. The van der Waals surface area contributed by atoms with Gasteiger partial charge in [-0.2, -0.15) is 0 Å². The smallest absolute Gasteiger partial charge is 0.410 e. The molecule has 4 nitrogen and oxygen atoms in total. The highest BCUT2D eigenvalue weighted by Gasteiger charge is 2.42. The maximum absolute atomic E-state index is 12.9. The molecule has 140 valence electrons. The Morgan fingerprint density at radius 1 is 1.00 bits per heavy atom. The number of morpholine rings is 1. The highest BCUT2D eigenvalue weighted by atomic mass is 79.9. The lowest BCUT2D eigenvalue weighted by Crippen LogP contribution is -2.59. The molecule has 3 aliphatic rings. The molecule has 0 saturated carbocycles. The third kappa shape index (κ3) is 2.97. The fourth-order valence-electron chi connectivity index (χ4n) is 4.82. The zero-order valence-corrected chi connectivity index (χ0v) is 16.6. The number of amides is 1. The van der Waals surface area contributed by atoms with Crippen LogP contribution in [0, 0.1) is 0 Å². The molecule has 2 aromatic carbocycles. The lowest BCUT2D eigenvalue weighted by molar-refractivity contribution is -0.0635. The minimum Gasteiger partial charge on any atom is -0.448 e. The number of carbonyl (C=O) groups excluding carboxylic acids is 1. The third-order valence-electron chi connectivity index (χ3n) is 6.01. The summed E-state index contributed by atoms with van der Waals surface area (Å²) in [6.45, 7) is 1.58. The SMILES string of the molecule is O=C(OCC1c2ccccc2-c2ccccc21)N1C2COCC1CC(Br)C2. The molecule has 0 radical (unpaired) electrons. The van der Waals surface area contributed by atoms with E-state index in [1.54, 1.807) is 0 Å². The van der Waals surface area contributed by atoms with Crippen molar-refractivity contribution in [1.82, 2.24) is 4.90 Å². The van der Waals surface area contributed by atoms with Crippen molar-refractivity contribution in [1.29, 1.82) is 0 Å². The average Bonchev–Trinajstić information content (AvgIpc) is 2.99. The summed E-state index contributed by atoms with van der Waals surface area (Å²) in [5.74, 6) is 0.103. The van der Waals surface area contributed by atoms with Crippen LogP contribution < -0.4 is 0 Å². The van der Waals surface area contributed by atoms with E-state index in [0.29, 0.717) is 24.6 Å². The molecule has 2 aliphatic heterocycles. The lowest BCUT2D eigenvalue weighted by Gasteiger charge is -2.46. The van der Waals surface area contributed by atoms with Crippen LogP contribution in [0.4, 0.5) is 4.79 Å². The number of ether oxygens (including phenoxy) is 2. The van der Waals surface area contributed by atoms with E-state index in [-0.39, 0.29) is 24.1 Å². The molecule has 0 spiro atoms. The maximum Gasteiger partial charge on any atom is 0.410 e. The predicted octanol–water partition coefficient (Wildman–Crippen LogP) is 4.56. The fourth-order valence-corrected chi connectivity index (χ4v) is 5.68. The Hall–Kier alpha value is -1.85. The van der Waals surface area contributed by atoms with Crippen LogP contribution >= 0.6 is 15.9 Å². The molecule has 2 atom stereocenters. The fraction of sp³-hybridized carbons (Fsp3) is 0.409. The van der Waals surface area contributed by atoms with E-state index in [0.717, 1.165) is 12.8 Å². The van der Waals surface area contributed by atoms with Crippen LogP contribution in [0.3, 0.4) is 0 Å². The predicted molar refractivity (Wildman–Crippen MR) is 107 cm³/mol. The van der Waals surface area contributed by atoms with Crippen molar-refractivity contribution >= 4 is 22.0 Å². The number of nitrogens with zero attached hydrogens (tertiary/aromatic N) is 1. The molecule has 27 heavy (non-hydrogen) atoms. The van der Waals surface area contributed by atoms with E-state index < -0.39 is 0 Å². The van der Waals surface area contributed by atoms with Crippen LogP contribution in [0.5, 0.6) is 0 Å². The summed E-state index contributed by atoms with van der Waals surface area (Å²) in [6.07, 6.45) is 1.64. The van der Waals surface area contributed by atoms with Crippen molar-refractivity contribution in [2.45, 2.75) is 35.7 Å². The highest BCUT2D eigenvalue weighted by molar-refractivity contribution is 9.09. The summed E-state index contributed by atoms with van der Waals surface area (Å²) in [5.41, 5.74) is 4.99. The number of fused-ring (bicyclic) bond motifs is 5. The molecule has 2 unspecified atom stereocenters. The van der Waals surface area contributed by atoms with Gasteiger partial charge in [0.15, 0.2) is 0 Å². The molecular weight excluding hydrogens is 406 g/mol. The number of hydrogen-bond acceptors (Lipinski definition) is 3. The number of benzene rings is 2. The van der Waals surface area contributed by atoms with Gasteiger partial charge in [0.05, 0.1) is 25.3 Å². The van der Waals surface area contributed by atoms with Gasteiger partial charge in [-0.1, -0.05) is 64.5 Å². The van der Waals surface area contributed by atoms with E-state index in [2.05, 4.69) is 64.5 Å². The Balaban J connectivity index is 1.35. The van der Waals surface area contributed by atoms with Gasteiger partial charge in [0.1, 0.15) is 6.61 Å². The van der Waals surface area contributed by atoms with Gasteiger partial charge in [0.25, 0.3) is 0 Å². The van der Waals surface area contributed by atoms with E-state index in [9.17, 15) is 4.79 Å². The van der Waals surface area contributed by atoms with Gasteiger partial charge in [0.2, 0.25) is 0 Å². The van der Waals surface area contributed by atoms with Gasteiger partial charge < -0.3 is 9.47 Å². The molecule has 5 rings (SSSR count). The molecule has 0 aromatic heterocycles. The van der Waals surface area contributed by atoms with Crippen molar-refractivity contribution in [3.63, 3.8) is 0 Å². The Morgan fingerprint density at radius 2 is 1.56 bits per heavy atom. The average molecular weight is 428 g/mol. The van der Waals surface area contributed by atoms with Gasteiger partial charge in [-0.25, -0.2) is 4.79 Å². The van der Waals surface area contributed by atoms with Crippen LogP contribution in [-0.2, 0) is 9.47 Å². The standard InChI is InChI=1S/C22H22BrNO3/c23-14-9-15-11-26-12-16(10-14)24(15)22(25)27-13-21-19-7-3-1-5-17(19)18-6-2-4-8-20(18)21/h1-8,14-16,21H,9-13H2. The van der Waals surface area contributed by atoms with Crippen molar-refractivity contribution in [2.75, 3.05) is 19.8 Å². The zero-order valence-electron chi connectivity index (χ0n) is 15.0. The maximum atomic E-state index is 12.9. The van der Waals surface area contributed by atoms with Crippen LogP contribution in [0.15, 0.2) is 48.5 Å². The van der Waals surface area contributed by atoms with Crippen LogP contribution in [0.2, 0.25) is 0 Å². The minimum absolute atomic E-state index is 0.103. The van der Waals surface area contributed by atoms with Gasteiger partial charge in [-0.3, -0.25) is 4.90 Å². The first kappa shape index (κ1) is 17.3. The largest absolute Gasteiger partial charge is 0.448 e. The summed E-state index contributed by atoms with van der Waals surface area (Å²) in [5, 5.41) is 0. The van der Waals surface area contributed by atoms with Gasteiger partial charge in [-0.05, 0) is 35.1 Å². The Morgan fingerprint density at radius 3 is 2.15 bits per heavy atom. The molecular formula is C22H22BrNO3. The molecule has 0 N–H and O–H groups in total. The highest BCUT2D eigenvalue weighted by Crippen LogP contribution is 2.44. The summed E-state index contributed by atoms with van der Waals surface area (Å²) in [6, 6.07) is 17.1. The molecule has 5 heteroatoms. The molecule has 1 amide bonds. The van der Waals surface area contributed by atoms with Crippen LogP contribution in [0.25, 0.3) is 11.1 Å². The molecule has 2 aromatic rings. The number of rotatable bonds is 2. The van der Waals surface area contributed by atoms with Gasteiger partial charge in [-0.15, -0.1) is 0 Å². The van der Waals surface area contributed by atoms with E-state index in [1.807, 2.05) is 4.90 Å². The van der Waals surface area contributed by atoms with Gasteiger partial charge in [0, 0.05) is 10.7 Å². The first-order valence-electron chi connectivity index (χ1n) is 9.57. The lowest BCUT2D eigenvalue weighted by atomic mass is 9.95. The Labute approximate surface area is 167 Å². The first-order chi connectivity index (χ1) is 13.2. The Bertz CT molecular complexity index is 811. The van der Waals surface area contributed by atoms with E-state index >= 15 is 0 Å². The minimum atomic E-state index is -0.199. The molecule has 2 bridgehead atoms. The van der Waals surface area contributed by atoms with Crippen molar-refractivity contribution in [3.05, 3.63) is 59.7 Å². The van der Waals surface area contributed by atoms with Crippen molar-refractivity contribution < 1.29 is 14.3 Å². The summed E-state index contributed by atoms with van der Waals surface area (Å²) < 4.78 is 11.5. The van der Waals surface area contributed by atoms with Crippen molar-refractivity contribution in [2.24, 2.45) is 0 Å². The summed E-state index contributed by atoms with van der Waals surface area (Å²) in [4.78, 5) is 15.3. The monoisotopic (exact) mass is 427 g/mol. The van der Waals surface area contributed by atoms with E-state index in [1.165, 1.54) is 22.3 Å². The molecule has 2 fully saturated rings. The summed E-state index contributed by atoms with van der Waals surface area (Å²) in [7, 11) is 0. The topological polar surface area (TPSA) is 38.8 Å². The van der Waals surface area contributed by atoms with Gasteiger partial charge >= 0.3 is 6.09 Å². The number of halogens is 1. The second kappa shape index (κ2) is 6.95. The van der Waals surface area contributed by atoms with Crippen LogP contribution in [0.1, 0.15) is 29.9 Å². The second-order valence-electron chi connectivity index (χ2n) is 7.63. The molecule has 2 saturated heterocycles. The second-order valence-corrected chi connectivity index (χ2v) is 8.92. The third-order valence-corrected chi connectivity index (χ3v) is 6.76. The number of hydrogen-bond donors (Lipinski definition) is 0. The normalized spacial score (nSPS) is 26.4. The number of piperidine rings is 1. The van der Waals surface area contributed by atoms with Crippen molar-refractivity contribution in [3.8, 4) is 11.1 Å². The molecule has 2 heterocycles. The van der Waals surface area contributed by atoms with Crippen LogP contribution in [-0.4, -0.2) is 47.7 Å². The first-order valence-corrected chi connectivity index (χ1v) is 10.5. The Kier molecular flexibility index (Phi) is 4.44. The number of carbonyl (C=O) groups is 1. The molecule has 1 aliphatic carbocycles. The quantitative estimate of drug-likeness (QED) is 0.659. The van der Waals surface area contributed by atoms with E-state index in [4.69, 9.17) is 9.47 Å². The zero-order chi connectivity index (χ0) is 18.4. The summed E-state index contributed by atoms with van der Waals surface area (Å²) >= 11 is 3.71.